The minimum atomic E-state index is -0.586. The molecule has 0 spiro atoms. The van der Waals surface area contributed by atoms with Crippen molar-refractivity contribution < 1.29 is 14.3 Å². The number of esters is 1. The van der Waals surface area contributed by atoms with Crippen LogP contribution in [0.1, 0.15) is 74.5 Å². The number of hydrogen-bond acceptors (Lipinski definition) is 8. The number of pyridine rings is 3. The topological polar surface area (TPSA) is 112 Å². The second-order valence-electron chi connectivity index (χ2n) is 9.53. The van der Waals surface area contributed by atoms with Gasteiger partial charge in [0.05, 0.1) is 16.6 Å². The van der Waals surface area contributed by atoms with Crippen molar-refractivity contribution >= 4 is 28.4 Å². The molecule has 1 saturated carbocycles. The number of nitrogens with zero attached hydrogens (tertiary/aromatic N) is 3. The third-order valence-electron chi connectivity index (χ3n) is 6.28. The molecule has 2 atom stereocenters. The van der Waals surface area contributed by atoms with E-state index in [0.29, 0.717) is 23.1 Å². The second-order valence-corrected chi connectivity index (χ2v) is 9.53. The number of nitrogens with two attached hydrogens (primary N) is 1. The van der Waals surface area contributed by atoms with E-state index in [-0.39, 0.29) is 24.1 Å². The predicted molar refractivity (Wildman–Crippen MR) is 126 cm³/mol. The Morgan fingerprint density at radius 3 is 2.67 bits per heavy atom. The maximum atomic E-state index is 12.3. The number of cyclic esters (lactones) is 1. The van der Waals surface area contributed by atoms with Crippen molar-refractivity contribution in [2.75, 3.05) is 5.32 Å². The number of ether oxygens (including phenoxy) is 2. The average Bonchev–Trinajstić information content (AvgIpc) is 3.59. The monoisotopic (exact) mass is 447 g/mol. The van der Waals surface area contributed by atoms with Crippen LogP contribution in [-0.2, 0) is 10.3 Å². The van der Waals surface area contributed by atoms with Crippen LogP contribution in [0, 0.1) is 0 Å². The summed E-state index contributed by atoms with van der Waals surface area (Å²) in [5.41, 5.74) is 8.03. The van der Waals surface area contributed by atoms with Crippen LogP contribution in [0.4, 0.5) is 11.6 Å². The molecule has 8 heteroatoms. The van der Waals surface area contributed by atoms with Gasteiger partial charge in [-0.3, -0.25) is 0 Å². The van der Waals surface area contributed by atoms with Crippen LogP contribution in [0.2, 0.25) is 0 Å². The number of nitrogens with one attached hydrogen (secondary N) is 1. The molecule has 3 N–H and O–H groups in total. The van der Waals surface area contributed by atoms with Crippen molar-refractivity contribution in [1.82, 2.24) is 15.0 Å². The lowest BCUT2D eigenvalue weighted by Gasteiger charge is -2.29. The fourth-order valence-electron chi connectivity index (χ4n) is 4.24. The fourth-order valence-corrected chi connectivity index (χ4v) is 4.24. The van der Waals surface area contributed by atoms with Gasteiger partial charge in [0.1, 0.15) is 23.8 Å². The molecule has 3 aromatic heterocycles. The SMILES string of the molecule is CC[C@H]1OC(=O)c2ccc(Nc3cc4c(C(C)(C)N)cnc(OC5CC5)c4cn3)nc2[C@@H]1C. The van der Waals surface area contributed by atoms with E-state index in [0.717, 1.165) is 41.3 Å². The number of hydrogen-bond donors (Lipinski definition) is 2. The zero-order valence-corrected chi connectivity index (χ0v) is 19.4. The molecule has 4 heterocycles. The number of carbonyl (C=O) groups is 1. The van der Waals surface area contributed by atoms with Gasteiger partial charge in [-0.15, -0.1) is 0 Å². The number of fused-ring (bicyclic) bond motifs is 2. The molecule has 1 aliphatic heterocycles. The van der Waals surface area contributed by atoms with Gasteiger partial charge in [-0.25, -0.2) is 19.7 Å². The molecule has 0 unspecified atom stereocenters. The second kappa shape index (κ2) is 7.95. The maximum Gasteiger partial charge on any atom is 0.340 e. The summed E-state index contributed by atoms with van der Waals surface area (Å²) in [7, 11) is 0. The van der Waals surface area contributed by atoms with Crippen molar-refractivity contribution in [3.05, 3.63) is 47.4 Å². The largest absolute Gasteiger partial charge is 0.474 e. The smallest absolute Gasteiger partial charge is 0.340 e. The molecule has 1 fully saturated rings. The molecule has 0 aromatic carbocycles. The Morgan fingerprint density at radius 2 is 1.97 bits per heavy atom. The highest BCUT2D eigenvalue weighted by Crippen LogP contribution is 2.36. The van der Waals surface area contributed by atoms with Gasteiger partial charge in [0.25, 0.3) is 0 Å². The van der Waals surface area contributed by atoms with Gasteiger partial charge in [-0.05, 0) is 62.3 Å². The summed E-state index contributed by atoms with van der Waals surface area (Å²) in [5, 5.41) is 5.06. The number of anilines is 2. The molecule has 1 aliphatic carbocycles. The van der Waals surface area contributed by atoms with Crippen molar-refractivity contribution in [2.24, 2.45) is 5.73 Å². The van der Waals surface area contributed by atoms with Crippen LogP contribution < -0.4 is 15.8 Å². The van der Waals surface area contributed by atoms with Gasteiger partial charge < -0.3 is 20.5 Å². The Kier molecular flexibility index (Phi) is 5.20. The normalized spacial score (nSPS) is 20.3. The van der Waals surface area contributed by atoms with Gasteiger partial charge >= 0.3 is 5.97 Å². The Morgan fingerprint density at radius 1 is 1.18 bits per heavy atom. The highest BCUT2D eigenvalue weighted by molar-refractivity contribution is 5.93. The zero-order valence-electron chi connectivity index (χ0n) is 19.4. The van der Waals surface area contributed by atoms with Crippen LogP contribution in [0.25, 0.3) is 10.8 Å². The Labute approximate surface area is 192 Å². The van der Waals surface area contributed by atoms with E-state index in [9.17, 15) is 4.79 Å². The van der Waals surface area contributed by atoms with Gasteiger partial charge in [0.15, 0.2) is 0 Å². The molecule has 5 rings (SSSR count). The van der Waals surface area contributed by atoms with E-state index >= 15 is 0 Å². The van der Waals surface area contributed by atoms with E-state index in [2.05, 4.69) is 15.3 Å². The van der Waals surface area contributed by atoms with Crippen molar-refractivity contribution in [3.8, 4) is 5.88 Å². The van der Waals surface area contributed by atoms with E-state index < -0.39 is 5.54 Å². The summed E-state index contributed by atoms with van der Waals surface area (Å²) in [6.45, 7) is 7.95. The summed E-state index contributed by atoms with van der Waals surface area (Å²) < 4.78 is 11.5. The minimum Gasteiger partial charge on any atom is -0.474 e. The molecule has 0 amide bonds. The lowest BCUT2D eigenvalue weighted by molar-refractivity contribution is 0.0175. The number of aromatic nitrogens is 3. The molecule has 172 valence electrons. The van der Waals surface area contributed by atoms with Gasteiger partial charge in [0, 0.05) is 23.9 Å². The number of rotatable bonds is 6. The van der Waals surface area contributed by atoms with E-state index in [1.54, 1.807) is 24.5 Å². The Hall–Kier alpha value is -3.26. The molecular formula is C25H29N5O3. The van der Waals surface area contributed by atoms with E-state index in [4.69, 9.17) is 20.2 Å². The van der Waals surface area contributed by atoms with E-state index in [1.807, 2.05) is 33.8 Å². The standard InChI is InChI=1S/C25H29N5O3/c1-5-19-13(2)22-15(24(31)33-19)8-9-20(30-22)29-21-10-16-17(11-27-21)23(32-14-6-7-14)28-12-18(16)25(3,4)26/h8-14,19H,5-7,26H2,1-4H3,(H,27,29,30)/t13-,19-/m1/s1. The highest BCUT2D eigenvalue weighted by atomic mass is 16.5. The Balaban J connectivity index is 1.52. The van der Waals surface area contributed by atoms with Crippen molar-refractivity contribution in [3.63, 3.8) is 0 Å². The summed E-state index contributed by atoms with van der Waals surface area (Å²) in [6.07, 6.45) is 6.47. The quantitative estimate of drug-likeness (QED) is 0.529. The first kappa shape index (κ1) is 21.6. The first-order valence-corrected chi connectivity index (χ1v) is 11.5. The lowest BCUT2D eigenvalue weighted by atomic mass is 9.92. The number of carbonyl (C=O) groups excluding carboxylic acids is 1. The van der Waals surface area contributed by atoms with Crippen LogP contribution in [-0.4, -0.2) is 33.1 Å². The molecule has 33 heavy (non-hydrogen) atoms. The van der Waals surface area contributed by atoms with E-state index in [1.165, 1.54) is 0 Å². The first-order valence-electron chi connectivity index (χ1n) is 11.5. The van der Waals surface area contributed by atoms with Crippen LogP contribution >= 0.6 is 0 Å². The van der Waals surface area contributed by atoms with Gasteiger partial charge in [-0.1, -0.05) is 13.8 Å². The lowest BCUT2D eigenvalue weighted by Crippen LogP contribution is -2.31. The van der Waals surface area contributed by atoms with Crippen LogP contribution in [0.15, 0.2) is 30.6 Å². The summed E-state index contributed by atoms with van der Waals surface area (Å²) in [6, 6.07) is 5.48. The predicted octanol–water partition coefficient (Wildman–Crippen LogP) is 4.56. The molecule has 8 nitrogen and oxygen atoms in total. The summed E-state index contributed by atoms with van der Waals surface area (Å²) in [5.74, 6) is 1.54. The summed E-state index contributed by atoms with van der Waals surface area (Å²) in [4.78, 5) is 26.2. The first-order chi connectivity index (χ1) is 15.7. The molecule has 2 aliphatic rings. The molecule has 0 saturated heterocycles. The average molecular weight is 448 g/mol. The van der Waals surface area contributed by atoms with Crippen LogP contribution in [0.3, 0.4) is 0 Å². The molecule has 0 bridgehead atoms. The van der Waals surface area contributed by atoms with Crippen molar-refractivity contribution in [1.29, 1.82) is 0 Å². The molecule has 0 radical (unpaired) electrons. The summed E-state index contributed by atoms with van der Waals surface area (Å²) >= 11 is 0. The third-order valence-corrected chi connectivity index (χ3v) is 6.28. The highest BCUT2D eigenvalue weighted by Gasteiger charge is 2.33. The van der Waals surface area contributed by atoms with Gasteiger partial charge in [0.2, 0.25) is 5.88 Å². The van der Waals surface area contributed by atoms with Gasteiger partial charge in [-0.2, -0.15) is 0 Å². The zero-order chi connectivity index (χ0) is 23.3. The maximum absolute atomic E-state index is 12.3. The Bertz CT molecular complexity index is 1230. The molecule has 3 aromatic rings. The van der Waals surface area contributed by atoms with Crippen molar-refractivity contribution in [2.45, 2.75) is 70.6 Å². The molecular weight excluding hydrogens is 418 g/mol. The fraction of sp³-hybridized carbons (Fsp3) is 0.440. The van der Waals surface area contributed by atoms with Crippen LogP contribution in [0.5, 0.6) is 5.88 Å². The minimum absolute atomic E-state index is 0.0202. The third kappa shape index (κ3) is 4.11.